The number of fused-ring (bicyclic) bond motifs is 1. The molecule has 2 rings (SSSR count). The maximum atomic E-state index is 10.2. The van der Waals surface area contributed by atoms with Crippen molar-refractivity contribution in [3.63, 3.8) is 0 Å². The van der Waals surface area contributed by atoms with Crippen LogP contribution in [0.5, 0.6) is 11.5 Å². The van der Waals surface area contributed by atoms with E-state index < -0.39 is 6.10 Å². The Hall–Kier alpha value is -1.30. The Morgan fingerprint density at radius 1 is 1.30 bits per heavy atom. The van der Waals surface area contributed by atoms with Gasteiger partial charge in [0.05, 0.1) is 11.7 Å². The second-order valence-corrected chi connectivity index (χ2v) is 5.51. The minimum atomic E-state index is -0.585. The lowest BCUT2D eigenvalue weighted by Gasteiger charge is -2.24. The maximum absolute atomic E-state index is 10.2. The molecule has 1 heterocycles. The van der Waals surface area contributed by atoms with Gasteiger partial charge in [-0.25, -0.2) is 0 Å². The predicted octanol–water partition coefficient (Wildman–Crippen LogP) is 1.51. The topological polar surface area (TPSA) is 60.0 Å². The number of rotatable bonds is 6. The van der Waals surface area contributed by atoms with Gasteiger partial charge < -0.3 is 24.6 Å². The van der Waals surface area contributed by atoms with Crippen LogP contribution in [-0.2, 0) is 4.74 Å². The van der Waals surface area contributed by atoms with E-state index in [9.17, 15) is 5.11 Å². The van der Waals surface area contributed by atoms with Crippen LogP contribution >= 0.6 is 0 Å². The number of nitrogens with one attached hydrogen (secondary N) is 1. The lowest BCUT2D eigenvalue weighted by molar-refractivity contribution is 0.0207. The SMILES string of the molecule is COC(C)(C)CNCC(O)c1ccc2c(c1)OCCO2. The third kappa shape index (κ3) is 3.85. The minimum Gasteiger partial charge on any atom is -0.486 e. The Kier molecular flexibility index (Phi) is 4.86. The first kappa shape index (κ1) is 15.1. The summed E-state index contributed by atoms with van der Waals surface area (Å²) >= 11 is 0. The Balaban J connectivity index is 1.91. The van der Waals surface area contributed by atoms with Crippen LogP contribution in [-0.4, -0.2) is 44.1 Å². The number of hydrogen-bond donors (Lipinski definition) is 2. The highest BCUT2D eigenvalue weighted by Crippen LogP contribution is 2.32. The molecular weight excluding hydrogens is 258 g/mol. The molecule has 1 aromatic carbocycles. The summed E-state index contributed by atoms with van der Waals surface area (Å²) in [5.74, 6) is 1.44. The lowest BCUT2D eigenvalue weighted by Crippen LogP contribution is -2.38. The Labute approximate surface area is 119 Å². The Morgan fingerprint density at radius 2 is 2.00 bits per heavy atom. The molecule has 0 saturated carbocycles. The molecule has 0 saturated heterocycles. The molecule has 1 aliphatic heterocycles. The Morgan fingerprint density at radius 3 is 2.70 bits per heavy atom. The van der Waals surface area contributed by atoms with Gasteiger partial charge in [-0.1, -0.05) is 6.07 Å². The van der Waals surface area contributed by atoms with Gasteiger partial charge in [0, 0.05) is 20.2 Å². The summed E-state index contributed by atoms with van der Waals surface area (Å²) in [6, 6.07) is 5.54. The molecule has 0 amide bonds. The van der Waals surface area contributed by atoms with Crippen LogP contribution < -0.4 is 14.8 Å². The van der Waals surface area contributed by atoms with Crippen molar-refractivity contribution in [2.24, 2.45) is 0 Å². The van der Waals surface area contributed by atoms with E-state index in [1.165, 1.54) is 0 Å². The second kappa shape index (κ2) is 6.43. The van der Waals surface area contributed by atoms with Gasteiger partial charge in [-0.05, 0) is 31.5 Å². The van der Waals surface area contributed by atoms with E-state index in [1.807, 2.05) is 32.0 Å². The smallest absolute Gasteiger partial charge is 0.161 e. The van der Waals surface area contributed by atoms with Gasteiger partial charge in [0.1, 0.15) is 13.2 Å². The van der Waals surface area contributed by atoms with E-state index >= 15 is 0 Å². The van der Waals surface area contributed by atoms with E-state index in [1.54, 1.807) is 7.11 Å². The molecule has 112 valence electrons. The molecule has 1 aliphatic rings. The molecule has 5 heteroatoms. The molecule has 0 spiro atoms. The summed E-state index contributed by atoms with van der Waals surface area (Å²) < 4.78 is 16.3. The van der Waals surface area contributed by atoms with Crippen molar-refractivity contribution in [2.45, 2.75) is 25.6 Å². The first-order valence-corrected chi connectivity index (χ1v) is 6.85. The lowest BCUT2D eigenvalue weighted by atomic mass is 10.1. The fourth-order valence-electron chi connectivity index (χ4n) is 1.97. The molecule has 0 bridgehead atoms. The molecule has 20 heavy (non-hydrogen) atoms. The average Bonchev–Trinajstić information content (AvgIpc) is 2.46. The van der Waals surface area contributed by atoms with Crippen molar-refractivity contribution < 1.29 is 19.3 Å². The van der Waals surface area contributed by atoms with E-state index in [2.05, 4.69) is 5.32 Å². The maximum Gasteiger partial charge on any atom is 0.161 e. The van der Waals surface area contributed by atoms with Crippen LogP contribution in [0.15, 0.2) is 18.2 Å². The molecule has 5 nitrogen and oxygen atoms in total. The Bertz CT molecular complexity index is 447. The van der Waals surface area contributed by atoms with Crippen LogP contribution in [0.25, 0.3) is 0 Å². The molecule has 0 fully saturated rings. The molecule has 0 aliphatic carbocycles. The van der Waals surface area contributed by atoms with Crippen molar-refractivity contribution in [3.8, 4) is 11.5 Å². The summed E-state index contributed by atoms with van der Waals surface area (Å²) in [6.45, 7) is 6.25. The van der Waals surface area contributed by atoms with Crippen molar-refractivity contribution in [1.29, 1.82) is 0 Å². The normalized spacial score (nSPS) is 16.0. The van der Waals surface area contributed by atoms with Gasteiger partial charge in [0.25, 0.3) is 0 Å². The number of aliphatic hydroxyl groups excluding tert-OH is 1. The summed E-state index contributed by atoms with van der Waals surface area (Å²) in [5.41, 5.74) is 0.573. The predicted molar refractivity (Wildman–Crippen MR) is 76.3 cm³/mol. The van der Waals surface area contributed by atoms with E-state index in [4.69, 9.17) is 14.2 Å². The summed E-state index contributed by atoms with van der Waals surface area (Å²) in [7, 11) is 1.68. The van der Waals surface area contributed by atoms with Gasteiger partial charge in [0.15, 0.2) is 11.5 Å². The zero-order valence-corrected chi connectivity index (χ0v) is 12.3. The molecular formula is C15H23NO4. The zero-order valence-electron chi connectivity index (χ0n) is 12.3. The molecule has 1 atom stereocenters. The largest absolute Gasteiger partial charge is 0.486 e. The average molecular weight is 281 g/mol. The van der Waals surface area contributed by atoms with Gasteiger partial charge in [0.2, 0.25) is 0 Å². The molecule has 0 aromatic heterocycles. The molecule has 0 radical (unpaired) electrons. The van der Waals surface area contributed by atoms with Gasteiger partial charge in [-0.3, -0.25) is 0 Å². The highest BCUT2D eigenvalue weighted by atomic mass is 16.6. The van der Waals surface area contributed by atoms with Crippen LogP contribution in [0.3, 0.4) is 0 Å². The fourth-order valence-corrected chi connectivity index (χ4v) is 1.97. The van der Waals surface area contributed by atoms with Crippen LogP contribution in [0.1, 0.15) is 25.5 Å². The first-order chi connectivity index (χ1) is 9.52. The first-order valence-electron chi connectivity index (χ1n) is 6.85. The number of aliphatic hydroxyl groups is 1. The number of methoxy groups -OCH3 is 1. The van der Waals surface area contributed by atoms with Crippen molar-refractivity contribution >= 4 is 0 Å². The monoisotopic (exact) mass is 281 g/mol. The van der Waals surface area contributed by atoms with Crippen molar-refractivity contribution in [2.75, 3.05) is 33.4 Å². The van der Waals surface area contributed by atoms with E-state index in [-0.39, 0.29) is 5.60 Å². The summed E-state index contributed by atoms with van der Waals surface area (Å²) in [4.78, 5) is 0. The van der Waals surface area contributed by atoms with Gasteiger partial charge >= 0.3 is 0 Å². The van der Waals surface area contributed by atoms with Gasteiger partial charge in [-0.15, -0.1) is 0 Å². The number of benzene rings is 1. The highest BCUT2D eigenvalue weighted by Gasteiger charge is 2.18. The standard InChI is InChI=1S/C15H23NO4/c1-15(2,18-3)10-16-9-12(17)11-4-5-13-14(8-11)20-7-6-19-13/h4-5,8,12,16-17H,6-7,9-10H2,1-3H3. The van der Waals surface area contributed by atoms with Crippen LogP contribution in [0, 0.1) is 0 Å². The van der Waals surface area contributed by atoms with E-state index in [0.29, 0.717) is 32.1 Å². The van der Waals surface area contributed by atoms with Crippen LogP contribution in [0.2, 0.25) is 0 Å². The van der Waals surface area contributed by atoms with Crippen LogP contribution in [0.4, 0.5) is 0 Å². The van der Waals surface area contributed by atoms with Crippen molar-refractivity contribution in [1.82, 2.24) is 5.32 Å². The van der Waals surface area contributed by atoms with Crippen molar-refractivity contribution in [3.05, 3.63) is 23.8 Å². The van der Waals surface area contributed by atoms with Gasteiger partial charge in [-0.2, -0.15) is 0 Å². The fraction of sp³-hybridized carbons (Fsp3) is 0.600. The second-order valence-electron chi connectivity index (χ2n) is 5.51. The third-order valence-corrected chi connectivity index (χ3v) is 3.39. The zero-order chi connectivity index (χ0) is 14.6. The molecule has 2 N–H and O–H groups in total. The molecule has 1 unspecified atom stereocenters. The number of hydrogen-bond acceptors (Lipinski definition) is 5. The number of ether oxygens (including phenoxy) is 3. The highest BCUT2D eigenvalue weighted by molar-refractivity contribution is 5.44. The van der Waals surface area contributed by atoms with E-state index in [0.717, 1.165) is 11.3 Å². The minimum absolute atomic E-state index is 0.244. The summed E-state index contributed by atoms with van der Waals surface area (Å²) in [5, 5.41) is 13.4. The quantitative estimate of drug-likeness (QED) is 0.827. The summed E-state index contributed by atoms with van der Waals surface area (Å²) in [6.07, 6.45) is -0.585. The third-order valence-electron chi connectivity index (χ3n) is 3.39. The molecule has 1 aromatic rings.